The van der Waals surface area contributed by atoms with E-state index in [0.717, 1.165) is 17.9 Å². The number of nitrogens with one attached hydrogen (secondary N) is 1. The van der Waals surface area contributed by atoms with Crippen LogP contribution in [0.1, 0.15) is 22.2 Å². The zero-order chi connectivity index (χ0) is 22.4. The quantitative estimate of drug-likeness (QED) is 0.567. The van der Waals surface area contributed by atoms with Gasteiger partial charge in [-0.05, 0) is 24.3 Å². The van der Waals surface area contributed by atoms with Gasteiger partial charge in [-0.15, -0.1) is 11.3 Å². The Balaban J connectivity index is 1.68. The van der Waals surface area contributed by atoms with E-state index in [1.54, 1.807) is 23.8 Å². The first-order valence-electron chi connectivity index (χ1n) is 9.33. The molecule has 2 aromatic heterocycles. The van der Waals surface area contributed by atoms with Gasteiger partial charge in [-0.3, -0.25) is 19.6 Å². The van der Waals surface area contributed by atoms with Crippen LogP contribution in [-0.4, -0.2) is 41.3 Å². The molecule has 2 heterocycles. The second kappa shape index (κ2) is 10.2. The number of aromatic nitrogens is 2. The lowest BCUT2D eigenvalue weighted by molar-refractivity contribution is -0.117. The second-order valence-corrected chi connectivity index (χ2v) is 7.56. The number of pyridine rings is 1. The van der Waals surface area contributed by atoms with Gasteiger partial charge in [0.15, 0.2) is 0 Å². The molecule has 0 aliphatic heterocycles. The number of halogens is 3. The first-order chi connectivity index (χ1) is 14.8. The van der Waals surface area contributed by atoms with Crippen molar-refractivity contribution in [1.82, 2.24) is 15.3 Å². The number of thiazole rings is 1. The molecule has 0 aliphatic rings. The Morgan fingerprint density at radius 2 is 2.00 bits per heavy atom. The highest BCUT2D eigenvalue weighted by molar-refractivity contribution is 7.09. The fourth-order valence-corrected chi connectivity index (χ4v) is 3.48. The lowest BCUT2D eigenvalue weighted by atomic mass is 10.1. The summed E-state index contributed by atoms with van der Waals surface area (Å²) >= 11 is 1.51. The summed E-state index contributed by atoms with van der Waals surface area (Å²) in [6, 6.07) is 6.99. The van der Waals surface area contributed by atoms with E-state index in [4.69, 9.17) is 0 Å². The summed E-state index contributed by atoms with van der Waals surface area (Å²) in [6.07, 6.45) is 1.02. The fraction of sp³-hybridized carbons (Fsp3) is 0.238. The Kier molecular flexibility index (Phi) is 7.35. The van der Waals surface area contributed by atoms with Crippen molar-refractivity contribution < 1.29 is 22.8 Å². The van der Waals surface area contributed by atoms with E-state index >= 15 is 0 Å². The molecule has 162 valence electrons. The number of anilines is 1. The van der Waals surface area contributed by atoms with Gasteiger partial charge in [-0.2, -0.15) is 0 Å². The molecule has 6 nitrogen and oxygen atoms in total. The number of nitrogens with zero attached hydrogens (tertiary/aromatic N) is 3. The Labute approximate surface area is 180 Å². The Morgan fingerprint density at radius 1 is 1.19 bits per heavy atom. The Morgan fingerprint density at radius 3 is 2.58 bits per heavy atom. The van der Waals surface area contributed by atoms with E-state index in [9.17, 15) is 22.8 Å². The number of hydrogen-bond acceptors (Lipinski definition) is 5. The molecule has 2 amide bonds. The number of alkyl halides is 2. The zero-order valence-electron chi connectivity index (χ0n) is 16.5. The average molecular weight is 448 g/mol. The summed E-state index contributed by atoms with van der Waals surface area (Å²) in [5, 5.41) is 2.79. The molecule has 3 rings (SSSR count). The molecule has 1 aromatic carbocycles. The van der Waals surface area contributed by atoms with Crippen molar-refractivity contribution in [3.05, 3.63) is 64.5 Å². The van der Waals surface area contributed by atoms with Gasteiger partial charge in [-0.1, -0.05) is 6.07 Å². The largest absolute Gasteiger partial charge is 0.352 e. The summed E-state index contributed by atoms with van der Waals surface area (Å²) in [7, 11) is 0. The van der Waals surface area contributed by atoms with Gasteiger partial charge in [0.05, 0.1) is 29.0 Å². The molecule has 0 unspecified atom stereocenters. The number of rotatable bonds is 8. The summed E-state index contributed by atoms with van der Waals surface area (Å²) < 4.78 is 39.9. The highest BCUT2D eigenvalue weighted by atomic mass is 32.1. The van der Waals surface area contributed by atoms with Crippen LogP contribution < -0.4 is 10.2 Å². The minimum absolute atomic E-state index is 0.228. The minimum atomic E-state index is -2.79. The predicted molar refractivity (Wildman–Crippen MR) is 112 cm³/mol. The van der Waals surface area contributed by atoms with E-state index < -0.39 is 24.7 Å². The van der Waals surface area contributed by atoms with Crippen LogP contribution in [0.3, 0.4) is 0 Å². The molecule has 0 saturated heterocycles. The third-order valence-electron chi connectivity index (χ3n) is 4.40. The van der Waals surface area contributed by atoms with Crippen molar-refractivity contribution in [2.75, 3.05) is 18.0 Å². The van der Waals surface area contributed by atoms with E-state index in [1.165, 1.54) is 29.7 Å². The summed E-state index contributed by atoms with van der Waals surface area (Å²) in [5.41, 5.74) is 2.64. The first kappa shape index (κ1) is 22.4. The summed E-state index contributed by atoms with van der Waals surface area (Å²) in [6.45, 7) is 0.662. The Bertz CT molecular complexity index is 1040. The van der Waals surface area contributed by atoms with Crippen molar-refractivity contribution in [3.8, 4) is 11.3 Å². The lowest BCUT2D eigenvalue weighted by Gasteiger charge is -2.21. The molecule has 1 N–H and O–H groups in total. The Hall–Kier alpha value is -3.27. The molecule has 0 aliphatic carbocycles. The molecule has 0 atom stereocenters. The molecule has 0 saturated carbocycles. The van der Waals surface area contributed by atoms with Crippen LogP contribution >= 0.6 is 11.3 Å². The van der Waals surface area contributed by atoms with Crippen LogP contribution in [0, 0.1) is 5.82 Å². The third-order valence-corrected chi connectivity index (χ3v) is 5.24. The van der Waals surface area contributed by atoms with E-state index in [2.05, 4.69) is 15.3 Å². The molecule has 0 spiro atoms. The maximum Gasteiger partial charge on any atom is 0.256 e. The molecule has 3 aromatic rings. The van der Waals surface area contributed by atoms with Gasteiger partial charge in [0.2, 0.25) is 5.91 Å². The first-order valence-corrected chi connectivity index (χ1v) is 10.2. The molecular formula is C21H19F3N4O2S. The van der Waals surface area contributed by atoms with Crippen molar-refractivity contribution in [1.29, 1.82) is 0 Å². The van der Waals surface area contributed by atoms with Gasteiger partial charge in [0.1, 0.15) is 5.82 Å². The normalized spacial score (nSPS) is 10.9. The topological polar surface area (TPSA) is 75.2 Å². The van der Waals surface area contributed by atoms with Crippen LogP contribution in [0.5, 0.6) is 0 Å². The SMILES string of the molecule is CC(=O)N(CC(F)F)c1ccc(-c2ccc(C(=O)NCCc3cncs3)cn2)cc1F. The van der Waals surface area contributed by atoms with Crippen molar-refractivity contribution in [2.45, 2.75) is 19.8 Å². The third kappa shape index (κ3) is 5.88. The van der Waals surface area contributed by atoms with Gasteiger partial charge in [0.25, 0.3) is 12.3 Å². The second-order valence-electron chi connectivity index (χ2n) is 6.59. The maximum absolute atomic E-state index is 14.5. The minimum Gasteiger partial charge on any atom is -0.352 e. The fourth-order valence-electron chi connectivity index (χ4n) is 2.89. The highest BCUT2D eigenvalue weighted by Gasteiger charge is 2.20. The van der Waals surface area contributed by atoms with Gasteiger partial charge in [0, 0.05) is 42.7 Å². The van der Waals surface area contributed by atoms with E-state index in [0.29, 0.717) is 34.7 Å². The van der Waals surface area contributed by atoms with Crippen LogP contribution in [0.25, 0.3) is 11.3 Å². The zero-order valence-corrected chi connectivity index (χ0v) is 17.3. The standard InChI is InChI=1S/C21H19F3N4O2S/c1-13(29)28(11-20(23)24)19-5-3-14(8-17(19)22)18-4-2-15(9-27-18)21(30)26-7-6-16-10-25-12-31-16/h2-5,8-10,12,20H,6-7,11H2,1H3,(H,26,30). The highest BCUT2D eigenvalue weighted by Crippen LogP contribution is 2.26. The summed E-state index contributed by atoms with van der Waals surface area (Å²) in [4.78, 5) is 33.8. The number of carbonyl (C=O) groups is 2. The molecule has 0 radical (unpaired) electrons. The van der Waals surface area contributed by atoms with Gasteiger partial charge in [-0.25, -0.2) is 13.2 Å². The van der Waals surface area contributed by atoms with Gasteiger partial charge < -0.3 is 10.2 Å². The van der Waals surface area contributed by atoms with Gasteiger partial charge >= 0.3 is 0 Å². The van der Waals surface area contributed by atoms with Crippen LogP contribution in [0.4, 0.5) is 18.9 Å². The predicted octanol–water partition coefficient (Wildman–Crippen LogP) is 3.93. The van der Waals surface area contributed by atoms with Crippen molar-refractivity contribution in [3.63, 3.8) is 0 Å². The smallest absolute Gasteiger partial charge is 0.256 e. The monoisotopic (exact) mass is 448 g/mol. The number of benzene rings is 1. The number of carbonyl (C=O) groups excluding carboxylic acids is 2. The number of amides is 2. The molecular weight excluding hydrogens is 429 g/mol. The molecule has 0 bridgehead atoms. The molecule has 31 heavy (non-hydrogen) atoms. The molecule has 0 fully saturated rings. The average Bonchev–Trinajstić information content (AvgIpc) is 3.25. The summed E-state index contributed by atoms with van der Waals surface area (Å²) in [5.74, 6) is -1.79. The van der Waals surface area contributed by atoms with E-state index in [1.807, 2.05) is 0 Å². The van der Waals surface area contributed by atoms with Crippen molar-refractivity contribution >= 4 is 28.8 Å². The van der Waals surface area contributed by atoms with Crippen LogP contribution in [-0.2, 0) is 11.2 Å². The van der Waals surface area contributed by atoms with Crippen molar-refractivity contribution in [2.24, 2.45) is 0 Å². The lowest BCUT2D eigenvalue weighted by Crippen LogP contribution is -2.33. The maximum atomic E-state index is 14.5. The van der Waals surface area contributed by atoms with Crippen LogP contribution in [0.2, 0.25) is 0 Å². The number of hydrogen-bond donors (Lipinski definition) is 1. The van der Waals surface area contributed by atoms with E-state index in [-0.39, 0.29) is 11.6 Å². The molecule has 10 heteroatoms. The van der Waals surface area contributed by atoms with Crippen LogP contribution in [0.15, 0.2) is 48.2 Å².